The van der Waals surface area contributed by atoms with E-state index in [0.717, 1.165) is 18.4 Å². The van der Waals surface area contributed by atoms with Gasteiger partial charge in [0.1, 0.15) is 0 Å². The van der Waals surface area contributed by atoms with E-state index in [-0.39, 0.29) is 11.3 Å². The maximum atomic E-state index is 11.9. The largest absolute Gasteiger partial charge is 0.478 e. The summed E-state index contributed by atoms with van der Waals surface area (Å²) in [4.78, 5) is 23.4. The molecular formula is C14H17N3O3. The second-order valence-corrected chi connectivity index (χ2v) is 5.36. The SMILES string of the molecule is Cn1c(=O)n(C)c2cc(C(=O)O)c(NC3CCC3)cc21. The molecular weight excluding hydrogens is 258 g/mol. The van der Waals surface area contributed by atoms with E-state index in [4.69, 9.17) is 0 Å². The van der Waals surface area contributed by atoms with Crippen LogP contribution in [0.2, 0.25) is 0 Å². The molecule has 0 saturated heterocycles. The lowest BCUT2D eigenvalue weighted by Crippen LogP contribution is -2.28. The van der Waals surface area contributed by atoms with Gasteiger partial charge >= 0.3 is 11.7 Å². The third kappa shape index (κ3) is 1.79. The average molecular weight is 275 g/mol. The number of benzene rings is 1. The number of aromatic nitrogens is 2. The average Bonchev–Trinajstić information content (AvgIpc) is 2.58. The van der Waals surface area contributed by atoms with Crippen LogP contribution in [-0.4, -0.2) is 26.3 Å². The van der Waals surface area contributed by atoms with Gasteiger partial charge in [0.25, 0.3) is 0 Å². The maximum Gasteiger partial charge on any atom is 0.337 e. The Morgan fingerprint density at radius 3 is 2.35 bits per heavy atom. The van der Waals surface area contributed by atoms with Crippen molar-refractivity contribution in [3.63, 3.8) is 0 Å². The quantitative estimate of drug-likeness (QED) is 0.891. The molecule has 1 aromatic carbocycles. The van der Waals surface area contributed by atoms with Gasteiger partial charge in [-0.3, -0.25) is 9.13 Å². The number of nitrogens with one attached hydrogen (secondary N) is 1. The van der Waals surface area contributed by atoms with Gasteiger partial charge in [0.15, 0.2) is 0 Å². The number of anilines is 1. The molecule has 2 aromatic rings. The van der Waals surface area contributed by atoms with Gasteiger partial charge in [-0.2, -0.15) is 0 Å². The van der Waals surface area contributed by atoms with E-state index < -0.39 is 5.97 Å². The number of carbonyl (C=O) groups is 1. The molecule has 1 aromatic heterocycles. The molecule has 1 saturated carbocycles. The fourth-order valence-electron chi connectivity index (χ4n) is 2.61. The normalized spacial score (nSPS) is 15.3. The molecule has 0 aliphatic heterocycles. The molecule has 6 heteroatoms. The standard InChI is InChI=1S/C14H17N3O3/c1-16-11-6-9(13(18)19)10(15-8-4-3-5-8)7-12(11)17(2)14(16)20/h6-8,15H,3-5H2,1-2H3,(H,18,19). The number of nitrogens with zero attached hydrogens (tertiary/aromatic N) is 2. The first-order chi connectivity index (χ1) is 9.49. The summed E-state index contributed by atoms with van der Waals surface area (Å²) in [5.74, 6) is -0.981. The minimum atomic E-state index is -0.981. The fourth-order valence-corrected chi connectivity index (χ4v) is 2.61. The van der Waals surface area contributed by atoms with Crippen molar-refractivity contribution in [1.29, 1.82) is 0 Å². The lowest BCUT2D eigenvalue weighted by Gasteiger charge is -2.28. The zero-order chi connectivity index (χ0) is 14.4. The number of aromatic carboxylic acids is 1. The molecule has 20 heavy (non-hydrogen) atoms. The highest BCUT2D eigenvalue weighted by atomic mass is 16.4. The topological polar surface area (TPSA) is 76.3 Å². The minimum Gasteiger partial charge on any atom is -0.478 e. The lowest BCUT2D eigenvalue weighted by atomic mass is 9.92. The zero-order valence-electron chi connectivity index (χ0n) is 11.5. The van der Waals surface area contributed by atoms with Crippen LogP contribution in [0.25, 0.3) is 11.0 Å². The third-order valence-electron chi connectivity index (χ3n) is 4.11. The Labute approximate surface area is 115 Å². The van der Waals surface area contributed by atoms with Crippen molar-refractivity contribution in [3.8, 4) is 0 Å². The molecule has 0 unspecified atom stereocenters. The number of carboxylic acids is 1. The Morgan fingerprint density at radius 1 is 1.25 bits per heavy atom. The van der Waals surface area contributed by atoms with Crippen LogP contribution in [0.15, 0.2) is 16.9 Å². The summed E-state index contributed by atoms with van der Waals surface area (Å²) in [6.07, 6.45) is 3.29. The number of imidazole rings is 1. The van der Waals surface area contributed by atoms with Gasteiger partial charge < -0.3 is 10.4 Å². The second-order valence-electron chi connectivity index (χ2n) is 5.36. The Morgan fingerprint density at radius 2 is 1.85 bits per heavy atom. The monoisotopic (exact) mass is 275 g/mol. The Kier molecular flexibility index (Phi) is 2.81. The minimum absolute atomic E-state index is 0.155. The van der Waals surface area contributed by atoms with Crippen LogP contribution in [0.4, 0.5) is 5.69 Å². The Balaban J connectivity index is 2.20. The summed E-state index contributed by atoms with van der Waals surface area (Å²) in [7, 11) is 3.34. The van der Waals surface area contributed by atoms with Gasteiger partial charge in [0, 0.05) is 20.1 Å². The maximum absolute atomic E-state index is 11.9. The molecule has 106 valence electrons. The molecule has 0 spiro atoms. The van der Waals surface area contributed by atoms with Crippen molar-refractivity contribution >= 4 is 22.7 Å². The highest BCUT2D eigenvalue weighted by Gasteiger charge is 2.21. The predicted octanol–water partition coefficient (Wildman–Crippen LogP) is 1.54. The van der Waals surface area contributed by atoms with Crippen molar-refractivity contribution in [2.24, 2.45) is 14.1 Å². The van der Waals surface area contributed by atoms with Crippen LogP contribution in [0.3, 0.4) is 0 Å². The van der Waals surface area contributed by atoms with E-state index >= 15 is 0 Å². The van der Waals surface area contributed by atoms with Crippen LogP contribution < -0.4 is 11.0 Å². The van der Waals surface area contributed by atoms with E-state index in [2.05, 4.69) is 5.32 Å². The van der Waals surface area contributed by atoms with Crippen LogP contribution in [0.5, 0.6) is 0 Å². The fraction of sp³-hybridized carbons (Fsp3) is 0.429. The molecule has 0 amide bonds. The molecule has 6 nitrogen and oxygen atoms in total. The highest BCUT2D eigenvalue weighted by molar-refractivity contribution is 5.99. The van der Waals surface area contributed by atoms with E-state index in [0.29, 0.717) is 17.2 Å². The number of aryl methyl sites for hydroxylation is 2. The summed E-state index contributed by atoms with van der Waals surface area (Å²) in [5, 5.41) is 12.6. The van der Waals surface area contributed by atoms with Gasteiger partial charge in [-0.25, -0.2) is 9.59 Å². The van der Waals surface area contributed by atoms with Gasteiger partial charge in [-0.1, -0.05) is 0 Å². The molecule has 0 bridgehead atoms. The van der Waals surface area contributed by atoms with Crippen LogP contribution in [-0.2, 0) is 14.1 Å². The van der Waals surface area contributed by atoms with Crippen LogP contribution in [0, 0.1) is 0 Å². The van der Waals surface area contributed by atoms with Crippen molar-refractivity contribution in [2.45, 2.75) is 25.3 Å². The van der Waals surface area contributed by atoms with E-state index in [1.165, 1.54) is 15.6 Å². The first-order valence-electron chi connectivity index (χ1n) is 6.68. The number of hydrogen-bond donors (Lipinski definition) is 2. The number of fused-ring (bicyclic) bond motifs is 1. The molecule has 3 rings (SSSR count). The van der Waals surface area contributed by atoms with Crippen LogP contribution >= 0.6 is 0 Å². The molecule has 1 aliphatic rings. The predicted molar refractivity (Wildman–Crippen MR) is 76.4 cm³/mol. The highest BCUT2D eigenvalue weighted by Crippen LogP contribution is 2.28. The van der Waals surface area contributed by atoms with Gasteiger partial charge in [0.2, 0.25) is 0 Å². The van der Waals surface area contributed by atoms with Crippen molar-refractivity contribution in [3.05, 3.63) is 28.2 Å². The van der Waals surface area contributed by atoms with Crippen molar-refractivity contribution < 1.29 is 9.90 Å². The Bertz CT molecular complexity index is 753. The molecule has 1 aliphatic carbocycles. The zero-order valence-corrected chi connectivity index (χ0v) is 11.5. The summed E-state index contributed by atoms with van der Waals surface area (Å²) < 4.78 is 3.00. The lowest BCUT2D eigenvalue weighted by molar-refractivity contribution is 0.0698. The van der Waals surface area contributed by atoms with Gasteiger partial charge in [-0.05, 0) is 31.4 Å². The summed E-state index contributed by atoms with van der Waals surface area (Å²) in [5.41, 5.74) is 2.03. The molecule has 2 N–H and O–H groups in total. The smallest absolute Gasteiger partial charge is 0.337 e. The summed E-state index contributed by atoms with van der Waals surface area (Å²) >= 11 is 0. The third-order valence-corrected chi connectivity index (χ3v) is 4.11. The Hall–Kier alpha value is -2.24. The molecule has 1 fully saturated rings. The van der Waals surface area contributed by atoms with Gasteiger partial charge in [-0.15, -0.1) is 0 Å². The first-order valence-corrected chi connectivity index (χ1v) is 6.68. The number of rotatable bonds is 3. The van der Waals surface area contributed by atoms with Crippen molar-refractivity contribution in [1.82, 2.24) is 9.13 Å². The first kappa shape index (κ1) is 12.8. The summed E-state index contributed by atoms with van der Waals surface area (Å²) in [6.45, 7) is 0. The van der Waals surface area contributed by atoms with Gasteiger partial charge in [0.05, 0.1) is 22.3 Å². The van der Waals surface area contributed by atoms with Crippen LogP contribution in [0.1, 0.15) is 29.6 Å². The van der Waals surface area contributed by atoms with Crippen molar-refractivity contribution in [2.75, 3.05) is 5.32 Å². The number of hydrogen-bond acceptors (Lipinski definition) is 3. The molecule has 0 radical (unpaired) electrons. The molecule has 1 heterocycles. The summed E-state index contributed by atoms with van der Waals surface area (Å²) in [6, 6.07) is 3.67. The number of carboxylic acid groups (broad SMARTS) is 1. The molecule has 0 atom stereocenters. The van der Waals surface area contributed by atoms with E-state index in [1.807, 2.05) is 0 Å². The van der Waals surface area contributed by atoms with E-state index in [1.54, 1.807) is 26.2 Å². The second kappa shape index (κ2) is 4.40. The van der Waals surface area contributed by atoms with E-state index in [9.17, 15) is 14.7 Å².